The van der Waals surface area contributed by atoms with Crippen LogP contribution in [0.3, 0.4) is 0 Å². The summed E-state index contributed by atoms with van der Waals surface area (Å²) in [6.45, 7) is 6.10. The molecule has 0 saturated heterocycles. The molecule has 1 aromatic heterocycles. The molecule has 0 amide bonds. The van der Waals surface area contributed by atoms with E-state index in [4.69, 9.17) is 4.74 Å². The maximum absolute atomic E-state index is 5.45. The van der Waals surface area contributed by atoms with Gasteiger partial charge in [-0.1, -0.05) is 12.1 Å². The Kier molecular flexibility index (Phi) is 7.06. The maximum Gasteiger partial charge on any atom is 0.191 e. The summed E-state index contributed by atoms with van der Waals surface area (Å²) in [6, 6.07) is 6.17. The summed E-state index contributed by atoms with van der Waals surface area (Å²) in [7, 11) is 5.68. The number of ether oxygens (including phenoxy) is 1. The highest BCUT2D eigenvalue weighted by molar-refractivity contribution is 7.13. The van der Waals surface area contributed by atoms with E-state index < -0.39 is 0 Å². The number of nitrogens with zero attached hydrogens (tertiary/aromatic N) is 3. The summed E-state index contributed by atoms with van der Waals surface area (Å²) in [6.07, 6.45) is 0. The van der Waals surface area contributed by atoms with Crippen molar-refractivity contribution in [1.29, 1.82) is 0 Å². The molecular formula is C18H27N5OS. The molecule has 0 radical (unpaired) electrons. The second-order valence-corrected chi connectivity index (χ2v) is 6.72. The van der Waals surface area contributed by atoms with Gasteiger partial charge in [-0.05, 0) is 25.5 Å². The van der Waals surface area contributed by atoms with E-state index in [9.17, 15) is 0 Å². The predicted molar refractivity (Wildman–Crippen MR) is 106 cm³/mol. The third-order valence-electron chi connectivity index (χ3n) is 3.55. The van der Waals surface area contributed by atoms with Gasteiger partial charge in [0.25, 0.3) is 0 Å². The van der Waals surface area contributed by atoms with Gasteiger partial charge in [-0.2, -0.15) is 0 Å². The summed E-state index contributed by atoms with van der Waals surface area (Å²) >= 11 is 1.64. The lowest BCUT2D eigenvalue weighted by Crippen LogP contribution is -2.36. The molecule has 25 heavy (non-hydrogen) atoms. The molecule has 2 N–H and O–H groups in total. The fourth-order valence-electron chi connectivity index (χ4n) is 2.25. The summed E-state index contributed by atoms with van der Waals surface area (Å²) < 4.78 is 5.45. The topological polar surface area (TPSA) is 61.8 Å². The molecule has 0 atom stereocenters. The van der Waals surface area contributed by atoms with E-state index in [-0.39, 0.29) is 0 Å². The highest BCUT2D eigenvalue weighted by atomic mass is 32.1. The van der Waals surface area contributed by atoms with Crippen LogP contribution in [0.4, 0.5) is 5.13 Å². The van der Waals surface area contributed by atoms with Crippen molar-refractivity contribution in [2.24, 2.45) is 4.99 Å². The first kappa shape index (κ1) is 19.1. The average molecular weight is 362 g/mol. The highest BCUT2D eigenvalue weighted by Gasteiger charge is 2.06. The second-order valence-electron chi connectivity index (χ2n) is 5.88. The standard InChI is InChI=1S/C18H27N5OS/c1-6-19-17(21-11-15-12-25-18(22-15)23(3)4)20-10-14-8-7-13(2)9-16(14)24-5/h7-9,12H,6,10-11H2,1-5H3,(H2,19,20,21). The number of rotatable bonds is 7. The molecule has 0 unspecified atom stereocenters. The normalized spacial score (nSPS) is 11.3. The van der Waals surface area contributed by atoms with Crippen molar-refractivity contribution in [3.8, 4) is 5.75 Å². The minimum Gasteiger partial charge on any atom is -0.496 e. The number of aliphatic imine (C=N–C) groups is 1. The van der Waals surface area contributed by atoms with E-state index in [1.807, 2.05) is 25.1 Å². The zero-order valence-corrected chi connectivity index (χ0v) is 16.4. The molecule has 0 aliphatic rings. The Hall–Kier alpha value is -2.28. The first-order valence-electron chi connectivity index (χ1n) is 8.31. The molecule has 0 aliphatic carbocycles. The Bertz CT molecular complexity index is 711. The van der Waals surface area contributed by atoms with E-state index >= 15 is 0 Å². The molecule has 2 aromatic rings. The Morgan fingerprint density at radius 2 is 2.12 bits per heavy atom. The maximum atomic E-state index is 5.45. The highest BCUT2D eigenvalue weighted by Crippen LogP contribution is 2.20. The number of hydrogen-bond donors (Lipinski definition) is 2. The lowest BCUT2D eigenvalue weighted by molar-refractivity contribution is 0.409. The molecule has 1 aromatic carbocycles. The molecule has 0 aliphatic heterocycles. The smallest absolute Gasteiger partial charge is 0.191 e. The van der Waals surface area contributed by atoms with Gasteiger partial charge in [0, 0.05) is 31.6 Å². The monoisotopic (exact) mass is 361 g/mol. The van der Waals surface area contributed by atoms with Crippen molar-refractivity contribution >= 4 is 22.4 Å². The molecule has 0 fully saturated rings. The third-order valence-corrected chi connectivity index (χ3v) is 4.61. The van der Waals surface area contributed by atoms with Gasteiger partial charge in [-0.3, -0.25) is 0 Å². The Labute approximate surface area is 154 Å². The summed E-state index contributed by atoms with van der Waals surface area (Å²) in [5, 5.41) is 9.66. The fraction of sp³-hybridized carbons (Fsp3) is 0.444. The largest absolute Gasteiger partial charge is 0.496 e. The van der Waals surface area contributed by atoms with Crippen LogP contribution in [0.1, 0.15) is 23.7 Å². The lowest BCUT2D eigenvalue weighted by Gasteiger charge is -2.12. The van der Waals surface area contributed by atoms with Crippen LogP contribution in [0.25, 0.3) is 0 Å². The Morgan fingerprint density at radius 3 is 2.76 bits per heavy atom. The number of thiazole rings is 1. The van der Waals surface area contributed by atoms with E-state index in [1.54, 1.807) is 18.4 Å². The van der Waals surface area contributed by atoms with Gasteiger partial charge in [-0.25, -0.2) is 9.98 Å². The van der Waals surface area contributed by atoms with Crippen LogP contribution in [-0.2, 0) is 13.1 Å². The number of benzene rings is 1. The molecule has 136 valence electrons. The number of nitrogens with one attached hydrogen (secondary N) is 2. The first-order valence-corrected chi connectivity index (χ1v) is 9.18. The molecule has 7 heteroatoms. The van der Waals surface area contributed by atoms with Crippen LogP contribution in [0.15, 0.2) is 28.6 Å². The predicted octanol–water partition coefficient (Wildman–Crippen LogP) is 2.78. The molecule has 2 rings (SSSR count). The van der Waals surface area contributed by atoms with Crippen molar-refractivity contribution < 1.29 is 4.74 Å². The third kappa shape index (κ3) is 5.63. The number of anilines is 1. The Balaban J connectivity index is 2.02. The van der Waals surface area contributed by atoms with Gasteiger partial charge < -0.3 is 20.3 Å². The fourth-order valence-corrected chi connectivity index (χ4v) is 3.00. The lowest BCUT2D eigenvalue weighted by atomic mass is 10.1. The van der Waals surface area contributed by atoms with Crippen molar-refractivity contribution in [2.75, 3.05) is 32.6 Å². The van der Waals surface area contributed by atoms with Gasteiger partial charge in [0.1, 0.15) is 5.75 Å². The number of methoxy groups -OCH3 is 1. The van der Waals surface area contributed by atoms with Crippen molar-refractivity contribution in [2.45, 2.75) is 26.9 Å². The van der Waals surface area contributed by atoms with Crippen LogP contribution >= 0.6 is 11.3 Å². The molecule has 0 spiro atoms. The van der Waals surface area contributed by atoms with Gasteiger partial charge in [0.05, 0.1) is 25.9 Å². The molecule has 0 bridgehead atoms. The molecule has 6 nitrogen and oxygen atoms in total. The number of guanidine groups is 1. The van der Waals surface area contributed by atoms with Crippen LogP contribution in [0, 0.1) is 6.92 Å². The summed E-state index contributed by atoms with van der Waals surface area (Å²) in [5.41, 5.74) is 3.25. The van der Waals surface area contributed by atoms with Crippen molar-refractivity contribution in [1.82, 2.24) is 15.6 Å². The van der Waals surface area contributed by atoms with Gasteiger partial charge in [0.15, 0.2) is 11.1 Å². The van der Waals surface area contributed by atoms with Crippen LogP contribution in [0.2, 0.25) is 0 Å². The van der Waals surface area contributed by atoms with Crippen LogP contribution < -0.4 is 20.3 Å². The van der Waals surface area contributed by atoms with Gasteiger partial charge >= 0.3 is 0 Å². The molecule has 0 saturated carbocycles. The number of aromatic nitrogens is 1. The van der Waals surface area contributed by atoms with E-state index in [0.717, 1.165) is 34.6 Å². The summed E-state index contributed by atoms with van der Waals surface area (Å²) in [4.78, 5) is 11.2. The zero-order chi connectivity index (χ0) is 18.2. The minimum atomic E-state index is 0.554. The minimum absolute atomic E-state index is 0.554. The van der Waals surface area contributed by atoms with E-state index in [2.05, 4.69) is 52.0 Å². The number of aryl methyl sites for hydroxylation is 1. The van der Waals surface area contributed by atoms with E-state index in [0.29, 0.717) is 13.1 Å². The zero-order valence-electron chi connectivity index (χ0n) is 15.6. The average Bonchev–Trinajstić information content (AvgIpc) is 3.07. The van der Waals surface area contributed by atoms with Crippen LogP contribution in [0.5, 0.6) is 5.75 Å². The first-order chi connectivity index (χ1) is 12.0. The Morgan fingerprint density at radius 1 is 1.32 bits per heavy atom. The molecular weight excluding hydrogens is 334 g/mol. The van der Waals surface area contributed by atoms with Crippen LogP contribution in [-0.4, -0.2) is 38.7 Å². The van der Waals surface area contributed by atoms with Crippen molar-refractivity contribution in [3.05, 3.63) is 40.4 Å². The van der Waals surface area contributed by atoms with E-state index in [1.165, 1.54) is 5.56 Å². The molecule has 1 heterocycles. The van der Waals surface area contributed by atoms with Gasteiger partial charge in [0.2, 0.25) is 0 Å². The van der Waals surface area contributed by atoms with Gasteiger partial charge in [-0.15, -0.1) is 11.3 Å². The quantitative estimate of drug-likeness (QED) is 0.587. The second kappa shape index (κ2) is 9.27. The van der Waals surface area contributed by atoms with Crippen molar-refractivity contribution in [3.63, 3.8) is 0 Å². The summed E-state index contributed by atoms with van der Waals surface area (Å²) in [5.74, 6) is 1.64. The number of hydrogen-bond acceptors (Lipinski definition) is 5. The SMILES string of the molecule is CCNC(=NCc1ccc(C)cc1OC)NCc1csc(N(C)C)n1.